The first-order chi connectivity index (χ1) is 9.13. The molecule has 0 spiro atoms. The van der Waals surface area contributed by atoms with E-state index >= 15 is 0 Å². The van der Waals surface area contributed by atoms with Crippen LogP contribution in [0.1, 0.15) is 25.3 Å². The minimum absolute atomic E-state index is 0.0531. The summed E-state index contributed by atoms with van der Waals surface area (Å²) in [4.78, 5) is 4.60. The van der Waals surface area contributed by atoms with Crippen molar-refractivity contribution in [1.29, 1.82) is 5.41 Å². The highest BCUT2D eigenvalue weighted by molar-refractivity contribution is 5.99. The van der Waals surface area contributed by atoms with E-state index in [1.54, 1.807) is 12.3 Å². The molecule has 2 rings (SSSR count). The lowest BCUT2D eigenvalue weighted by molar-refractivity contribution is 0.327. The molecule has 0 radical (unpaired) electrons. The van der Waals surface area contributed by atoms with Gasteiger partial charge in [-0.05, 0) is 32.5 Å². The number of hydrogen-bond acceptors (Lipinski definition) is 5. The first-order valence-corrected chi connectivity index (χ1v) is 6.74. The largest absolute Gasteiger partial charge is 0.384 e. The van der Waals surface area contributed by atoms with Crippen molar-refractivity contribution >= 4 is 11.7 Å². The first kappa shape index (κ1) is 13.7. The molecule has 1 unspecified atom stereocenters. The zero-order chi connectivity index (χ0) is 13.8. The lowest BCUT2D eigenvalue weighted by Gasteiger charge is -2.31. The lowest BCUT2D eigenvalue weighted by Crippen LogP contribution is -2.41. The fraction of sp³-hybridized carbons (Fsp3) is 0.615. The topological polar surface area (TPSA) is 82.1 Å². The number of nitrogen functional groups attached to an aromatic ring is 1. The highest BCUT2D eigenvalue weighted by Gasteiger charge is 2.25. The molecule has 0 aromatic carbocycles. The molecule has 1 atom stereocenters. The predicted octanol–water partition coefficient (Wildman–Crippen LogP) is 0.681. The highest BCUT2D eigenvalue weighted by Crippen LogP contribution is 2.22. The molecule has 0 bridgehead atoms. The third-order valence-electron chi connectivity index (χ3n) is 3.64. The van der Waals surface area contributed by atoms with E-state index in [0.29, 0.717) is 11.6 Å². The molecular formula is C13H22N6. The van der Waals surface area contributed by atoms with Gasteiger partial charge in [0.2, 0.25) is 0 Å². The van der Waals surface area contributed by atoms with Crippen LogP contribution in [0.5, 0.6) is 0 Å². The molecule has 1 aromatic rings. The van der Waals surface area contributed by atoms with Crippen molar-refractivity contribution < 1.29 is 0 Å². The number of hydrogen-bond donors (Lipinski definition) is 2. The number of nitrogens with zero attached hydrogens (tertiary/aromatic N) is 4. The number of amidine groups is 1. The third kappa shape index (κ3) is 3.01. The predicted molar refractivity (Wildman–Crippen MR) is 76.6 cm³/mol. The molecule has 1 aliphatic rings. The normalized spacial score (nSPS) is 21.2. The lowest BCUT2D eigenvalue weighted by atomic mass is 10.1. The van der Waals surface area contributed by atoms with Crippen LogP contribution in [0.2, 0.25) is 0 Å². The first-order valence-electron chi connectivity index (χ1n) is 6.74. The summed E-state index contributed by atoms with van der Waals surface area (Å²) in [7, 11) is 2.15. The van der Waals surface area contributed by atoms with E-state index in [0.717, 1.165) is 38.3 Å². The van der Waals surface area contributed by atoms with Crippen LogP contribution < -0.4 is 10.6 Å². The maximum Gasteiger partial charge on any atom is 0.162 e. The Morgan fingerprint density at radius 3 is 3.00 bits per heavy atom. The van der Waals surface area contributed by atoms with Gasteiger partial charge in [-0.1, -0.05) is 6.92 Å². The van der Waals surface area contributed by atoms with Crippen LogP contribution in [-0.4, -0.2) is 53.7 Å². The Labute approximate surface area is 114 Å². The quantitative estimate of drug-likeness (QED) is 0.618. The molecule has 1 fully saturated rings. The second kappa shape index (κ2) is 5.97. The number of anilines is 1. The van der Waals surface area contributed by atoms with Crippen LogP contribution in [0.4, 0.5) is 5.82 Å². The van der Waals surface area contributed by atoms with E-state index in [1.165, 1.54) is 0 Å². The number of likely N-dealkylation sites (N-methyl/N-ethyl adjacent to an activating group) is 1. The fourth-order valence-corrected chi connectivity index (χ4v) is 2.62. The molecule has 1 aliphatic heterocycles. The monoisotopic (exact) mass is 262 g/mol. The maximum atomic E-state index is 7.69. The van der Waals surface area contributed by atoms with Crippen LogP contribution in [0, 0.1) is 5.41 Å². The number of aromatic nitrogens is 2. The van der Waals surface area contributed by atoms with Crippen molar-refractivity contribution in [3.05, 3.63) is 17.8 Å². The van der Waals surface area contributed by atoms with Crippen LogP contribution in [-0.2, 0) is 0 Å². The fourth-order valence-electron chi connectivity index (χ4n) is 2.62. The van der Waals surface area contributed by atoms with Crippen molar-refractivity contribution in [2.75, 3.05) is 31.6 Å². The molecule has 0 saturated carbocycles. The summed E-state index contributed by atoms with van der Waals surface area (Å²) in [5, 5.41) is 15.9. The molecule has 6 heteroatoms. The number of rotatable bonds is 3. The van der Waals surface area contributed by atoms with Gasteiger partial charge in [0.15, 0.2) is 5.82 Å². The van der Waals surface area contributed by atoms with Gasteiger partial charge in [0.1, 0.15) is 5.84 Å². The Balaban J connectivity index is 2.35. The highest BCUT2D eigenvalue weighted by atomic mass is 15.3. The molecule has 19 heavy (non-hydrogen) atoms. The second-order valence-electron chi connectivity index (χ2n) is 5.05. The van der Waals surface area contributed by atoms with Crippen molar-refractivity contribution in [2.24, 2.45) is 5.73 Å². The molecule has 6 nitrogen and oxygen atoms in total. The van der Waals surface area contributed by atoms with Crippen molar-refractivity contribution in [1.82, 2.24) is 15.1 Å². The van der Waals surface area contributed by atoms with Gasteiger partial charge in [-0.15, -0.1) is 5.10 Å². The van der Waals surface area contributed by atoms with Crippen molar-refractivity contribution in [3.63, 3.8) is 0 Å². The molecule has 2 heterocycles. The van der Waals surface area contributed by atoms with E-state index < -0.39 is 0 Å². The SMILES string of the molecule is CCC1CN(C)CCCN1c1nnccc1C(=N)N. The van der Waals surface area contributed by atoms with Crippen LogP contribution >= 0.6 is 0 Å². The molecule has 104 valence electrons. The Morgan fingerprint density at radius 2 is 2.32 bits per heavy atom. The third-order valence-corrected chi connectivity index (χ3v) is 3.64. The number of nitrogens with one attached hydrogen (secondary N) is 1. The Morgan fingerprint density at radius 1 is 1.53 bits per heavy atom. The van der Waals surface area contributed by atoms with Crippen LogP contribution in [0.15, 0.2) is 12.3 Å². The summed E-state index contributed by atoms with van der Waals surface area (Å²) in [6.07, 6.45) is 3.71. The van der Waals surface area contributed by atoms with Gasteiger partial charge in [0, 0.05) is 19.1 Å². The van der Waals surface area contributed by atoms with Gasteiger partial charge in [0.25, 0.3) is 0 Å². The van der Waals surface area contributed by atoms with Crippen LogP contribution in [0.25, 0.3) is 0 Å². The van der Waals surface area contributed by atoms with Gasteiger partial charge < -0.3 is 15.5 Å². The average Bonchev–Trinajstić information content (AvgIpc) is 2.60. The average molecular weight is 262 g/mol. The summed E-state index contributed by atoms with van der Waals surface area (Å²) < 4.78 is 0. The molecule has 1 aromatic heterocycles. The zero-order valence-corrected chi connectivity index (χ0v) is 11.6. The summed E-state index contributed by atoms with van der Waals surface area (Å²) in [6.45, 7) is 5.20. The van der Waals surface area contributed by atoms with E-state index in [2.05, 4.69) is 34.0 Å². The summed E-state index contributed by atoms with van der Waals surface area (Å²) in [5.41, 5.74) is 6.33. The molecular weight excluding hydrogens is 240 g/mol. The Hall–Kier alpha value is -1.69. The maximum absolute atomic E-state index is 7.69. The molecule has 0 aliphatic carbocycles. The molecule has 1 saturated heterocycles. The molecule has 3 N–H and O–H groups in total. The van der Waals surface area contributed by atoms with Gasteiger partial charge in [-0.25, -0.2) is 0 Å². The van der Waals surface area contributed by atoms with Gasteiger partial charge >= 0.3 is 0 Å². The smallest absolute Gasteiger partial charge is 0.162 e. The second-order valence-corrected chi connectivity index (χ2v) is 5.05. The van der Waals surface area contributed by atoms with E-state index in [-0.39, 0.29) is 5.84 Å². The van der Waals surface area contributed by atoms with Gasteiger partial charge in [0.05, 0.1) is 11.8 Å². The van der Waals surface area contributed by atoms with E-state index in [4.69, 9.17) is 11.1 Å². The van der Waals surface area contributed by atoms with E-state index in [1.807, 2.05) is 0 Å². The minimum Gasteiger partial charge on any atom is -0.384 e. The Bertz CT molecular complexity index is 447. The summed E-state index contributed by atoms with van der Waals surface area (Å²) in [5.74, 6) is 0.800. The summed E-state index contributed by atoms with van der Waals surface area (Å²) >= 11 is 0. The van der Waals surface area contributed by atoms with Crippen molar-refractivity contribution in [3.8, 4) is 0 Å². The van der Waals surface area contributed by atoms with Gasteiger partial charge in [-0.2, -0.15) is 5.10 Å². The molecule has 0 amide bonds. The van der Waals surface area contributed by atoms with E-state index in [9.17, 15) is 0 Å². The minimum atomic E-state index is 0.0531. The standard InChI is InChI=1S/C13H22N6/c1-3-10-9-18(2)7-4-8-19(10)13-11(12(14)15)5-6-16-17-13/h5-6,10H,3-4,7-9H2,1-2H3,(H3,14,15). The number of nitrogens with two attached hydrogens (primary N) is 1. The Kier molecular flexibility index (Phi) is 4.31. The van der Waals surface area contributed by atoms with Crippen molar-refractivity contribution in [2.45, 2.75) is 25.8 Å². The van der Waals surface area contributed by atoms with Crippen LogP contribution in [0.3, 0.4) is 0 Å². The zero-order valence-electron chi connectivity index (χ0n) is 11.6. The summed E-state index contributed by atoms with van der Waals surface area (Å²) in [6, 6.07) is 2.16. The van der Waals surface area contributed by atoms with Gasteiger partial charge in [-0.3, -0.25) is 5.41 Å².